The van der Waals surface area contributed by atoms with E-state index in [-0.39, 0.29) is 11.3 Å². The van der Waals surface area contributed by atoms with Crippen molar-refractivity contribution in [3.05, 3.63) is 53.8 Å². The molecule has 0 bridgehead atoms. The summed E-state index contributed by atoms with van der Waals surface area (Å²) >= 11 is 0. The number of benzene rings is 2. The first-order valence-electron chi connectivity index (χ1n) is 7.17. The lowest BCUT2D eigenvalue weighted by atomic mass is 10.1. The lowest BCUT2D eigenvalue weighted by Crippen LogP contribution is -2.46. The fraction of sp³-hybridized carbons (Fsp3) is 0.235. The summed E-state index contributed by atoms with van der Waals surface area (Å²) in [6.45, 7) is 2.76. The van der Waals surface area contributed by atoms with Crippen molar-refractivity contribution in [2.75, 3.05) is 36.0 Å². The largest absolute Gasteiger partial charge is 0.506 e. The minimum Gasteiger partial charge on any atom is -0.506 e. The van der Waals surface area contributed by atoms with E-state index in [0.717, 1.165) is 5.69 Å². The van der Waals surface area contributed by atoms with E-state index >= 15 is 0 Å². The van der Waals surface area contributed by atoms with Gasteiger partial charge >= 0.3 is 0 Å². The van der Waals surface area contributed by atoms with Gasteiger partial charge in [-0.3, -0.25) is 0 Å². The Labute approximate surface area is 128 Å². The van der Waals surface area contributed by atoms with Crippen molar-refractivity contribution in [3.63, 3.8) is 0 Å². The summed E-state index contributed by atoms with van der Waals surface area (Å²) in [4.78, 5) is 4.11. The van der Waals surface area contributed by atoms with E-state index in [1.54, 1.807) is 24.3 Å². The van der Waals surface area contributed by atoms with Crippen LogP contribution in [0.15, 0.2) is 42.5 Å². The summed E-state index contributed by atoms with van der Waals surface area (Å²) in [5, 5.41) is 19.1. The Kier molecular flexibility index (Phi) is 3.84. The van der Waals surface area contributed by atoms with Crippen LogP contribution in [0.4, 0.5) is 15.8 Å². The number of rotatable bonds is 2. The van der Waals surface area contributed by atoms with E-state index < -0.39 is 5.82 Å². The molecule has 22 heavy (non-hydrogen) atoms. The average molecular weight is 297 g/mol. The molecule has 4 nitrogen and oxygen atoms in total. The third-order valence-corrected chi connectivity index (χ3v) is 3.95. The monoisotopic (exact) mass is 297 g/mol. The van der Waals surface area contributed by atoms with E-state index in [0.29, 0.717) is 31.9 Å². The molecule has 3 rings (SSSR count). The number of piperazine rings is 1. The van der Waals surface area contributed by atoms with Crippen LogP contribution in [0.25, 0.3) is 0 Å². The fourth-order valence-corrected chi connectivity index (χ4v) is 2.81. The second-order valence-electron chi connectivity index (χ2n) is 5.21. The van der Waals surface area contributed by atoms with Crippen molar-refractivity contribution in [2.45, 2.75) is 0 Å². The molecule has 1 fully saturated rings. The van der Waals surface area contributed by atoms with Crippen molar-refractivity contribution in [1.82, 2.24) is 0 Å². The molecule has 0 atom stereocenters. The van der Waals surface area contributed by atoms with E-state index in [1.165, 1.54) is 6.07 Å². The lowest BCUT2D eigenvalue weighted by molar-refractivity contribution is 0.472. The quantitative estimate of drug-likeness (QED) is 0.926. The Morgan fingerprint density at radius 1 is 0.909 bits per heavy atom. The van der Waals surface area contributed by atoms with E-state index in [4.69, 9.17) is 5.26 Å². The third kappa shape index (κ3) is 2.56. The Morgan fingerprint density at radius 2 is 1.50 bits per heavy atom. The number of nitriles is 1. The summed E-state index contributed by atoms with van der Waals surface area (Å²) in [5.74, 6) is -0.220. The van der Waals surface area contributed by atoms with E-state index in [1.807, 2.05) is 23.1 Å². The van der Waals surface area contributed by atoms with Gasteiger partial charge in [0.25, 0.3) is 0 Å². The number of nitrogens with zero attached hydrogens (tertiary/aromatic N) is 3. The van der Waals surface area contributed by atoms with Gasteiger partial charge in [-0.05, 0) is 24.3 Å². The van der Waals surface area contributed by atoms with Crippen LogP contribution in [0.2, 0.25) is 0 Å². The Bertz CT molecular complexity index is 718. The van der Waals surface area contributed by atoms with E-state index in [9.17, 15) is 9.50 Å². The summed E-state index contributed by atoms with van der Waals surface area (Å²) in [6.07, 6.45) is 0. The Balaban J connectivity index is 1.77. The van der Waals surface area contributed by atoms with Gasteiger partial charge in [0, 0.05) is 26.2 Å². The number of phenolic OH excluding ortho intramolecular Hbond substituents is 1. The minimum atomic E-state index is -0.483. The maximum absolute atomic E-state index is 13.7. The molecule has 0 amide bonds. The standard InChI is InChI=1S/C17H16FN3O/c18-14-4-3-6-15(13(14)12-19)20-8-10-21(11-9-20)16-5-1-2-7-17(16)22/h1-7,22H,8-11H2. The van der Waals surface area contributed by atoms with Gasteiger partial charge in [0.05, 0.1) is 11.4 Å². The Hall–Kier alpha value is -2.74. The van der Waals surface area contributed by atoms with Gasteiger partial charge in [0.2, 0.25) is 0 Å². The van der Waals surface area contributed by atoms with Crippen LogP contribution in [0.1, 0.15) is 5.56 Å². The number of halogens is 1. The summed E-state index contributed by atoms with van der Waals surface area (Å²) < 4.78 is 13.7. The molecule has 2 aromatic rings. The smallest absolute Gasteiger partial charge is 0.143 e. The molecule has 0 spiro atoms. The highest BCUT2D eigenvalue weighted by Gasteiger charge is 2.22. The molecule has 112 valence electrons. The van der Waals surface area contributed by atoms with Gasteiger partial charge in [-0.1, -0.05) is 18.2 Å². The molecule has 0 aromatic heterocycles. The predicted octanol–water partition coefficient (Wildman–Crippen LogP) is 2.73. The lowest BCUT2D eigenvalue weighted by Gasteiger charge is -2.37. The molecule has 2 aromatic carbocycles. The van der Waals surface area contributed by atoms with Crippen LogP contribution in [0, 0.1) is 17.1 Å². The molecule has 0 saturated carbocycles. The van der Waals surface area contributed by atoms with Gasteiger partial charge in [-0.2, -0.15) is 5.26 Å². The second-order valence-corrected chi connectivity index (χ2v) is 5.21. The maximum atomic E-state index is 13.7. The van der Waals surface area contributed by atoms with Crippen LogP contribution in [-0.4, -0.2) is 31.3 Å². The van der Waals surface area contributed by atoms with Gasteiger partial charge in [-0.25, -0.2) is 4.39 Å². The zero-order chi connectivity index (χ0) is 15.5. The summed E-state index contributed by atoms with van der Waals surface area (Å²) in [5.41, 5.74) is 1.54. The van der Waals surface area contributed by atoms with Gasteiger partial charge < -0.3 is 14.9 Å². The van der Waals surface area contributed by atoms with E-state index in [2.05, 4.69) is 4.90 Å². The average Bonchev–Trinajstić information content (AvgIpc) is 2.55. The number of hydrogen-bond donors (Lipinski definition) is 1. The molecular formula is C17H16FN3O. The molecule has 1 aliphatic heterocycles. The zero-order valence-corrected chi connectivity index (χ0v) is 12.0. The molecule has 1 aliphatic rings. The predicted molar refractivity (Wildman–Crippen MR) is 83.6 cm³/mol. The van der Waals surface area contributed by atoms with Crippen LogP contribution in [0.5, 0.6) is 5.75 Å². The third-order valence-electron chi connectivity index (χ3n) is 3.95. The molecule has 0 unspecified atom stereocenters. The summed E-state index contributed by atoms with van der Waals surface area (Å²) in [7, 11) is 0. The molecule has 0 radical (unpaired) electrons. The number of anilines is 2. The highest BCUT2D eigenvalue weighted by atomic mass is 19.1. The molecular weight excluding hydrogens is 281 g/mol. The van der Waals surface area contributed by atoms with Crippen molar-refractivity contribution >= 4 is 11.4 Å². The summed E-state index contributed by atoms with van der Waals surface area (Å²) in [6, 6.07) is 13.9. The van der Waals surface area contributed by atoms with Crippen molar-refractivity contribution in [1.29, 1.82) is 5.26 Å². The van der Waals surface area contributed by atoms with Crippen molar-refractivity contribution in [3.8, 4) is 11.8 Å². The zero-order valence-electron chi connectivity index (χ0n) is 12.0. The fourth-order valence-electron chi connectivity index (χ4n) is 2.81. The second kappa shape index (κ2) is 5.94. The van der Waals surface area contributed by atoms with Crippen molar-refractivity contribution < 1.29 is 9.50 Å². The number of aromatic hydroxyl groups is 1. The molecule has 1 N–H and O–H groups in total. The first-order valence-corrected chi connectivity index (χ1v) is 7.17. The molecule has 1 saturated heterocycles. The Morgan fingerprint density at radius 3 is 2.14 bits per heavy atom. The van der Waals surface area contributed by atoms with Crippen LogP contribution < -0.4 is 9.80 Å². The van der Waals surface area contributed by atoms with Crippen LogP contribution in [-0.2, 0) is 0 Å². The number of para-hydroxylation sites is 2. The number of phenols is 1. The SMILES string of the molecule is N#Cc1c(F)cccc1N1CCN(c2ccccc2O)CC1. The van der Waals surface area contributed by atoms with Crippen molar-refractivity contribution in [2.24, 2.45) is 0 Å². The molecule has 0 aliphatic carbocycles. The number of hydrogen-bond acceptors (Lipinski definition) is 4. The molecule has 5 heteroatoms. The highest BCUT2D eigenvalue weighted by Crippen LogP contribution is 2.29. The first kappa shape index (κ1) is 14.2. The van der Waals surface area contributed by atoms with Gasteiger partial charge in [0.1, 0.15) is 23.2 Å². The minimum absolute atomic E-state index is 0.0958. The molecule has 1 heterocycles. The van der Waals surface area contributed by atoms with Crippen LogP contribution in [0.3, 0.4) is 0 Å². The highest BCUT2D eigenvalue weighted by molar-refractivity contribution is 5.62. The topological polar surface area (TPSA) is 50.5 Å². The maximum Gasteiger partial charge on any atom is 0.143 e. The van der Waals surface area contributed by atoms with Crippen LogP contribution >= 0.6 is 0 Å². The first-order chi connectivity index (χ1) is 10.7. The normalized spacial score (nSPS) is 14.7. The van der Waals surface area contributed by atoms with Gasteiger partial charge in [0.15, 0.2) is 0 Å². The van der Waals surface area contributed by atoms with Gasteiger partial charge in [-0.15, -0.1) is 0 Å².